The summed E-state index contributed by atoms with van der Waals surface area (Å²) in [5.74, 6) is 2.84. The Bertz CT molecular complexity index is 4900. The summed E-state index contributed by atoms with van der Waals surface area (Å²) >= 11 is 0. The number of carbonyl (C=O) groups excluding carboxylic acids is 3. The molecule has 3 amide bonds. The molecule has 9 aromatic rings. The zero-order valence-corrected chi connectivity index (χ0v) is 65.7. The van der Waals surface area contributed by atoms with Crippen molar-refractivity contribution in [2.75, 3.05) is 108 Å². The van der Waals surface area contributed by atoms with Crippen molar-refractivity contribution in [3.8, 4) is 18.2 Å². The Morgan fingerprint density at radius 1 is 0.376 bits per heavy atom. The van der Waals surface area contributed by atoms with Crippen molar-refractivity contribution in [2.24, 2.45) is 0 Å². The predicted molar refractivity (Wildman–Crippen MR) is 436 cm³/mol. The third kappa shape index (κ3) is 16.8. The van der Waals surface area contributed by atoms with Gasteiger partial charge in [-0.1, -0.05) is 72.8 Å². The first-order valence-electron chi connectivity index (χ1n) is 40.3. The van der Waals surface area contributed by atoms with Crippen LogP contribution in [0.3, 0.4) is 0 Å². The molecule has 3 aromatic carbocycles. The van der Waals surface area contributed by atoms with Crippen molar-refractivity contribution in [1.82, 2.24) is 60.2 Å². The van der Waals surface area contributed by atoms with Crippen molar-refractivity contribution in [3.05, 3.63) is 244 Å². The smallest absolute Gasteiger partial charge is 0.269 e. The van der Waals surface area contributed by atoms with Crippen LogP contribution in [0.4, 0.5) is 34.5 Å². The number of piperazine rings is 3. The summed E-state index contributed by atoms with van der Waals surface area (Å²) < 4.78 is 19.7. The van der Waals surface area contributed by atoms with Crippen LogP contribution in [0.15, 0.2) is 161 Å². The minimum absolute atomic E-state index is 0.0351. The number of amides is 3. The maximum absolute atomic E-state index is 13.2. The molecule has 6 saturated heterocycles. The number of hydrogen-bond donors (Lipinski definition) is 3. The summed E-state index contributed by atoms with van der Waals surface area (Å²) in [4.78, 5) is 109. The molecule has 117 heavy (non-hydrogen) atoms. The number of nitriles is 3. The first-order chi connectivity index (χ1) is 57.0. The molecule has 0 radical (unpaired) electrons. The fraction of sp³-hybridized carbons (Fsp3) is 0.414. The molecule has 600 valence electrons. The number of nitrogens with one attached hydrogen (secondary N) is 3. The van der Waals surface area contributed by atoms with E-state index in [-0.39, 0.29) is 89.1 Å². The van der Waals surface area contributed by atoms with Gasteiger partial charge in [0.05, 0.1) is 126 Å². The number of aromatic nitrogens is 9. The van der Waals surface area contributed by atoms with Gasteiger partial charge in [0, 0.05) is 133 Å². The summed E-state index contributed by atoms with van der Waals surface area (Å²) in [6, 6.07) is 42.1. The molecule has 30 heteroatoms. The van der Waals surface area contributed by atoms with Crippen LogP contribution in [-0.4, -0.2) is 193 Å². The molecule has 3 N–H and O–H groups in total. The summed E-state index contributed by atoms with van der Waals surface area (Å²) in [6.07, 6.45) is 15.4. The number of benzene rings is 3. The summed E-state index contributed by atoms with van der Waals surface area (Å²) in [5.41, 5.74) is 12.7. The van der Waals surface area contributed by atoms with Gasteiger partial charge in [0.1, 0.15) is 35.7 Å². The SMILES string of the molecule is Cc1c(N2Cc3ccccc3[C@@H]2[C@@H]2CC[C@H](CC(=O)N3CCN(c4ccc(C#N)cn4)CC3)O2)cn[nH]c1=O.Cc1c(N2Cc3ccccc3[C@H]2[C@@H]2CC[C@H](CC(=O)N3CCN(c4ccc(C#N)cn4)CC3)O2)cn[nH]c1=O.Cc1c(N2Cc3ccccc3[C@H]2[C@H]2CC[C@H](CC(=O)N3CCN(c4ccc(C#N)cn4)CC3)O2)cn[nH]c1=O. The molecule has 15 heterocycles. The Morgan fingerprint density at radius 2 is 0.650 bits per heavy atom. The summed E-state index contributed by atoms with van der Waals surface area (Å²) in [5, 5.41) is 46.7. The molecule has 6 aromatic heterocycles. The first-order valence-corrected chi connectivity index (χ1v) is 40.3. The van der Waals surface area contributed by atoms with Crippen molar-refractivity contribution in [3.63, 3.8) is 0 Å². The van der Waals surface area contributed by atoms with Crippen molar-refractivity contribution < 1.29 is 28.6 Å². The van der Waals surface area contributed by atoms with E-state index >= 15 is 0 Å². The monoisotopic (exact) mass is 1580 g/mol. The van der Waals surface area contributed by atoms with Crippen LogP contribution in [0.1, 0.15) is 143 Å². The minimum Gasteiger partial charge on any atom is -0.372 e. The second-order valence-corrected chi connectivity index (χ2v) is 31.3. The average molecular weight is 1580 g/mol. The molecule has 30 nitrogen and oxygen atoms in total. The van der Waals surface area contributed by atoms with Crippen LogP contribution in [0.5, 0.6) is 0 Å². The number of ether oxygens (including phenoxy) is 3. The standard InChI is InChI=1S/3C29H31N7O3/c3*1-19-24(17-32-33-29(19)38)36-18-21-4-2-3-5-23(21)28(36)25-8-7-22(39-25)14-27(37)35-12-10-34(11-13-35)26-9-6-20(15-30)16-31-26/h3*2-6,9,16-17,22,25,28H,7-8,10-14,18H2,1H3,(H,33,38)/t22-,25+,28+;22-,25+,28-;22-,25-,28+/m111/s1. The number of rotatable bonds is 15. The quantitative estimate of drug-likeness (QED) is 0.0872. The van der Waals surface area contributed by atoms with Crippen molar-refractivity contribution >= 4 is 52.2 Å². The molecule has 0 spiro atoms. The van der Waals surface area contributed by atoms with Gasteiger partial charge in [-0.25, -0.2) is 30.2 Å². The largest absolute Gasteiger partial charge is 0.372 e. The van der Waals surface area contributed by atoms with E-state index in [0.29, 0.717) is 151 Å². The fourth-order valence-electron chi connectivity index (χ4n) is 18.2. The summed E-state index contributed by atoms with van der Waals surface area (Å²) in [6.45, 7) is 15.6. The number of anilines is 6. The lowest BCUT2D eigenvalue weighted by atomic mass is 9.98. The zero-order valence-electron chi connectivity index (χ0n) is 65.7. The molecule has 0 bridgehead atoms. The number of nitrogens with zero attached hydrogens (tertiary/aromatic N) is 18. The van der Waals surface area contributed by atoms with Gasteiger partial charge in [0.15, 0.2) is 0 Å². The van der Waals surface area contributed by atoms with E-state index < -0.39 is 0 Å². The van der Waals surface area contributed by atoms with Crippen LogP contribution < -0.4 is 46.1 Å². The van der Waals surface area contributed by atoms with Crippen LogP contribution >= 0.6 is 0 Å². The topological polar surface area (TPSA) is 355 Å². The predicted octanol–water partition coefficient (Wildman–Crippen LogP) is 8.08. The molecule has 9 aliphatic rings. The Balaban J connectivity index is 0.000000131. The van der Waals surface area contributed by atoms with Gasteiger partial charge in [-0.15, -0.1) is 0 Å². The second-order valence-electron chi connectivity index (χ2n) is 31.3. The number of H-pyrrole nitrogens is 3. The maximum atomic E-state index is 13.2. The molecule has 9 aliphatic heterocycles. The lowest BCUT2D eigenvalue weighted by molar-refractivity contribution is -0.135. The molecule has 0 unspecified atom stereocenters. The number of aromatic amines is 3. The van der Waals surface area contributed by atoms with E-state index in [1.807, 2.05) is 90.1 Å². The molecule has 6 fully saturated rings. The molecule has 9 atom stereocenters. The van der Waals surface area contributed by atoms with Gasteiger partial charge in [0.25, 0.3) is 16.7 Å². The van der Waals surface area contributed by atoms with Crippen LogP contribution in [-0.2, 0) is 48.2 Å². The normalized spacial score (nSPS) is 22.6. The third-order valence-corrected chi connectivity index (χ3v) is 24.5. The number of carbonyl (C=O) groups is 3. The Morgan fingerprint density at radius 3 is 0.906 bits per heavy atom. The average Bonchev–Trinajstić information content (AvgIpc) is 1.62. The van der Waals surface area contributed by atoms with Crippen molar-refractivity contribution in [1.29, 1.82) is 15.8 Å². The number of hydrogen-bond acceptors (Lipinski definition) is 24. The summed E-state index contributed by atoms with van der Waals surface area (Å²) in [7, 11) is 0. The molecule has 0 aliphatic carbocycles. The van der Waals surface area contributed by atoms with Crippen LogP contribution in [0, 0.1) is 54.8 Å². The Labute approximate surface area is 676 Å². The minimum atomic E-state index is -0.187. The van der Waals surface area contributed by atoms with Crippen molar-refractivity contribution in [2.45, 2.75) is 153 Å². The van der Waals surface area contributed by atoms with Crippen LogP contribution in [0.25, 0.3) is 0 Å². The van der Waals surface area contributed by atoms with E-state index in [9.17, 15) is 28.8 Å². The van der Waals surface area contributed by atoms with Gasteiger partial charge >= 0.3 is 0 Å². The number of pyridine rings is 3. The Hall–Kier alpha value is -12.7. The third-order valence-electron chi connectivity index (χ3n) is 24.5. The lowest BCUT2D eigenvalue weighted by Gasteiger charge is -2.36. The highest BCUT2D eigenvalue weighted by molar-refractivity contribution is 5.78. The van der Waals surface area contributed by atoms with E-state index in [0.717, 1.165) is 73.0 Å². The highest BCUT2D eigenvalue weighted by Gasteiger charge is 2.46. The van der Waals surface area contributed by atoms with Gasteiger partial charge in [-0.2, -0.15) is 31.1 Å². The van der Waals surface area contributed by atoms with Gasteiger partial charge in [-0.3, -0.25) is 28.8 Å². The first kappa shape index (κ1) is 78.2. The highest BCUT2D eigenvalue weighted by Crippen LogP contribution is 2.48. The maximum Gasteiger partial charge on any atom is 0.269 e. The molecule has 18 rings (SSSR count). The van der Waals surface area contributed by atoms with E-state index in [1.54, 1.807) is 55.4 Å². The fourth-order valence-corrected chi connectivity index (χ4v) is 18.2. The van der Waals surface area contributed by atoms with Gasteiger partial charge in [0.2, 0.25) is 17.7 Å². The van der Waals surface area contributed by atoms with Gasteiger partial charge in [-0.05, 0) is 129 Å². The van der Waals surface area contributed by atoms with E-state index in [2.05, 4.69) is 130 Å². The molecular weight excluding hydrogens is 1480 g/mol. The van der Waals surface area contributed by atoms with E-state index in [1.165, 1.54) is 33.4 Å². The lowest BCUT2D eigenvalue weighted by Crippen LogP contribution is -2.49. The Kier molecular flexibility index (Phi) is 23.3. The molecular formula is C87H93N21O9. The van der Waals surface area contributed by atoms with E-state index in [4.69, 9.17) is 30.0 Å². The zero-order chi connectivity index (χ0) is 80.8. The number of fused-ring (bicyclic) bond motifs is 3. The molecule has 0 saturated carbocycles. The van der Waals surface area contributed by atoms with Crippen LogP contribution in [0.2, 0.25) is 0 Å². The second kappa shape index (κ2) is 34.8. The van der Waals surface area contributed by atoms with Gasteiger partial charge < -0.3 is 58.3 Å². The highest BCUT2D eigenvalue weighted by atomic mass is 16.5.